The molecule has 0 saturated heterocycles. The van der Waals surface area contributed by atoms with Crippen LogP contribution in [0.1, 0.15) is 38.5 Å². The monoisotopic (exact) mass is 234 g/mol. The van der Waals surface area contributed by atoms with Crippen LogP contribution < -0.4 is 12.4 Å². The van der Waals surface area contributed by atoms with Gasteiger partial charge in [0.25, 0.3) is 0 Å². The molecular weight excluding hydrogens is 221 g/mol. The molecule has 2 heteroatoms. The molecule has 12 heavy (non-hydrogen) atoms. The normalized spacial score (nSPS) is 43.5. The van der Waals surface area contributed by atoms with E-state index in [1.54, 1.807) is 19.3 Å². The van der Waals surface area contributed by atoms with E-state index >= 15 is 0 Å². The van der Waals surface area contributed by atoms with E-state index in [1.807, 2.05) is 5.92 Å². The number of halogens is 1. The van der Waals surface area contributed by atoms with E-state index in [1.165, 1.54) is 19.3 Å². The zero-order chi connectivity index (χ0) is 6.55. The van der Waals surface area contributed by atoms with Crippen molar-refractivity contribution < 1.29 is 31.9 Å². The fourth-order valence-electron chi connectivity index (χ4n) is 3.68. The fourth-order valence-corrected chi connectivity index (χ4v) is 3.68. The van der Waals surface area contributed by atoms with Crippen molar-refractivity contribution in [3.05, 3.63) is 5.92 Å². The third kappa shape index (κ3) is 1.73. The maximum atomic E-state index is 1.93. The van der Waals surface area contributed by atoms with Gasteiger partial charge >= 0.3 is 0 Å². The molecule has 0 aromatic heterocycles. The first-order valence-corrected chi connectivity index (χ1v) is 4.73. The largest absolute Gasteiger partial charge is 1.00 e. The van der Waals surface area contributed by atoms with Crippen molar-refractivity contribution in [2.45, 2.75) is 38.5 Å². The molecule has 4 saturated carbocycles. The summed E-state index contributed by atoms with van der Waals surface area (Å²) in [7, 11) is 0. The van der Waals surface area contributed by atoms with Crippen molar-refractivity contribution in [3.63, 3.8) is 0 Å². The van der Waals surface area contributed by atoms with Crippen molar-refractivity contribution in [3.8, 4) is 0 Å². The second-order valence-electron chi connectivity index (χ2n) is 4.67. The summed E-state index contributed by atoms with van der Waals surface area (Å²) in [4.78, 5) is 0. The Morgan fingerprint density at radius 3 is 1.33 bits per heavy atom. The van der Waals surface area contributed by atoms with Gasteiger partial charge in [0.05, 0.1) is 0 Å². The van der Waals surface area contributed by atoms with Crippen molar-refractivity contribution in [2.24, 2.45) is 17.8 Å². The van der Waals surface area contributed by atoms with E-state index in [-0.39, 0.29) is 31.9 Å². The van der Waals surface area contributed by atoms with Crippen LogP contribution in [-0.4, -0.2) is 0 Å². The van der Waals surface area contributed by atoms with Gasteiger partial charge in [0.15, 0.2) is 0 Å². The average Bonchev–Trinajstić information content (AvgIpc) is 1.82. The molecule has 0 N–H and O–H groups in total. The molecule has 1 radical (unpaired) electrons. The molecular formula is C10H15ClZn-. The van der Waals surface area contributed by atoms with E-state index in [0.717, 1.165) is 17.8 Å². The van der Waals surface area contributed by atoms with Gasteiger partial charge in [-0.3, -0.25) is 0 Å². The first kappa shape index (κ1) is 11.0. The minimum Gasteiger partial charge on any atom is -1.00 e. The zero-order valence-electron chi connectivity index (χ0n) is 7.56. The first-order chi connectivity index (χ1) is 4.90. The SMILES string of the molecule is C1[C]2CC3CC1CC(C2)C3.[Cl-].[Zn]. The second kappa shape index (κ2) is 3.97. The van der Waals surface area contributed by atoms with E-state index < -0.39 is 0 Å². The summed E-state index contributed by atoms with van der Waals surface area (Å²) in [6.07, 6.45) is 9.31. The molecule has 4 aliphatic rings. The van der Waals surface area contributed by atoms with Gasteiger partial charge in [-0.1, -0.05) is 0 Å². The Hall–Kier alpha value is 0.913. The maximum Gasteiger partial charge on any atom is 0 e. The fraction of sp³-hybridized carbons (Fsp3) is 0.900. The number of hydrogen-bond acceptors (Lipinski definition) is 0. The number of hydrogen-bond donors (Lipinski definition) is 0. The van der Waals surface area contributed by atoms with Gasteiger partial charge in [-0.05, 0) is 62.2 Å². The molecule has 0 spiro atoms. The van der Waals surface area contributed by atoms with Gasteiger partial charge in [0.2, 0.25) is 0 Å². The van der Waals surface area contributed by atoms with Gasteiger partial charge in [-0.2, -0.15) is 0 Å². The summed E-state index contributed by atoms with van der Waals surface area (Å²) in [5.41, 5.74) is 0. The molecule has 0 nitrogen and oxygen atoms in total. The summed E-state index contributed by atoms with van der Waals surface area (Å²) in [6.45, 7) is 0. The third-order valence-electron chi connectivity index (χ3n) is 3.73. The zero-order valence-corrected chi connectivity index (χ0v) is 11.3. The van der Waals surface area contributed by atoms with Crippen LogP contribution in [0, 0.1) is 23.7 Å². The van der Waals surface area contributed by atoms with Crippen LogP contribution in [0.2, 0.25) is 0 Å². The summed E-state index contributed by atoms with van der Waals surface area (Å²) < 4.78 is 0. The molecule has 0 heterocycles. The Morgan fingerprint density at radius 1 is 0.750 bits per heavy atom. The van der Waals surface area contributed by atoms with Crippen LogP contribution in [0.3, 0.4) is 0 Å². The van der Waals surface area contributed by atoms with E-state index in [4.69, 9.17) is 0 Å². The molecule has 0 aromatic carbocycles. The van der Waals surface area contributed by atoms with Crippen molar-refractivity contribution in [1.29, 1.82) is 0 Å². The van der Waals surface area contributed by atoms with Gasteiger partial charge < -0.3 is 12.4 Å². The van der Waals surface area contributed by atoms with Crippen LogP contribution in [-0.2, 0) is 19.5 Å². The van der Waals surface area contributed by atoms with Crippen LogP contribution in [0.15, 0.2) is 0 Å². The standard InChI is InChI=1S/C10H15.ClH.Zn/c1-7-2-9-4-8(1)5-10(3-7)6-9;;/h7-9H,1-6H2;1H;/p-1. The Labute approximate surface area is 94.0 Å². The Bertz CT molecular complexity index is 101. The quantitative estimate of drug-likeness (QED) is 0.511. The molecule has 4 fully saturated rings. The van der Waals surface area contributed by atoms with Gasteiger partial charge in [0.1, 0.15) is 0 Å². The second-order valence-corrected chi connectivity index (χ2v) is 4.67. The summed E-state index contributed by atoms with van der Waals surface area (Å²) in [5.74, 6) is 5.35. The molecule has 0 atom stereocenters. The minimum absolute atomic E-state index is 0. The van der Waals surface area contributed by atoms with Gasteiger partial charge in [0, 0.05) is 19.5 Å². The Morgan fingerprint density at radius 2 is 1.08 bits per heavy atom. The van der Waals surface area contributed by atoms with Gasteiger partial charge in [-0.25, -0.2) is 0 Å². The minimum atomic E-state index is 0. The summed E-state index contributed by atoms with van der Waals surface area (Å²) >= 11 is 0. The van der Waals surface area contributed by atoms with Crippen molar-refractivity contribution in [1.82, 2.24) is 0 Å². The van der Waals surface area contributed by atoms with E-state index in [2.05, 4.69) is 0 Å². The predicted molar refractivity (Wildman–Crippen MR) is 41.4 cm³/mol. The number of rotatable bonds is 0. The molecule has 0 aromatic rings. The topological polar surface area (TPSA) is 0 Å². The Kier molecular flexibility index (Phi) is 3.63. The molecule has 0 aliphatic heterocycles. The maximum absolute atomic E-state index is 1.93. The molecule has 4 bridgehead atoms. The van der Waals surface area contributed by atoms with Crippen molar-refractivity contribution in [2.75, 3.05) is 0 Å². The smallest absolute Gasteiger partial charge is 0 e. The molecule has 0 unspecified atom stereocenters. The summed E-state index contributed by atoms with van der Waals surface area (Å²) in [5, 5.41) is 0. The van der Waals surface area contributed by atoms with E-state index in [9.17, 15) is 0 Å². The van der Waals surface area contributed by atoms with E-state index in [0.29, 0.717) is 0 Å². The Balaban J connectivity index is 0.000000360. The molecule has 0 amide bonds. The summed E-state index contributed by atoms with van der Waals surface area (Å²) in [6, 6.07) is 0. The average molecular weight is 236 g/mol. The van der Waals surface area contributed by atoms with Crippen LogP contribution in [0.5, 0.6) is 0 Å². The molecule has 4 aliphatic carbocycles. The van der Waals surface area contributed by atoms with Crippen LogP contribution in [0.25, 0.3) is 0 Å². The van der Waals surface area contributed by atoms with Crippen LogP contribution in [0.4, 0.5) is 0 Å². The van der Waals surface area contributed by atoms with Crippen LogP contribution >= 0.6 is 0 Å². The third-order valence-corrected chi connectivity index (χ3v) is 3.73. The molecule has 4 rings (SSSR count). The van der Waals surface area contributed by atoms with Gasteiger partial charge in [-0.15, -0.1) is 0 Å². The first-order valence-electron chi connectivity index (χ1n) is 4.73. The predicted octanol–water partition coefficient (Wildman–Crippen LogP) is -0.208. The van der Waals surface area contributed by atoms with Crippen molar-refractivity contribution >= 4 is 0 Å². The molecule has 65 valence electrons.